The summed E-state index contributed by atoms with van der Waals surface area (Å²) in [6.45, 7) is 0.558. The van der Waals surface area contributed by atoms with E-state index in [1.807, 2.05) is 60.7 Å². The fourth-order valence-electron chi connectivity index (χ4n) is 3.86. The van der Waals surface area contributed by atoms with Crippen molar-refractivity contribution in [2.24, 2.45) is 20.5 Å². The van der Waals surface area contributed by atoms with Crippen molar-refractivity contribution in [3.05, 3.63) is 115 Å². The van der Waals surface area contributed by atoms with Gasteiger partial charge in [0.25, 0.3) is 10.1 Å². The number of azo groups is 2. The minimum Gasteiger partial charge on any atom is -0.505 e. The molecule has 0 atom stereocenters. The van der Waals surface area contributed by atoms with Gasteiger partial charge >= 0.3 is 0 Å². The van der Waals surface area contributed by atoms with Crippen LogP contribution in [0.2, 0.25) is 0 Å². The molecular weight excluding hydrogens is 514 g/mol. The zero-order valence-corrected chi connectivity index (χ0v) is 21.3. The molecule has 0 aliphatic carbocycles. The van der Waals surface area contributed by atoms with Gasteiger partial charge in [0.15, 0.2) is 5.75 Å². The van der Waals surface area contributed by atoms with Crippen LogP contribution in [0, 0.1) is 0 Å². The molecule has 5 aromatic carbocycles. The van der Waals surface area contributed by atoms with Gasteiger partial charge in [0.2, 0.25) is 0 Å². The smallest absolute Gasteiger partial charge is 0.296 e. The van der Waals surface area contributed by atoms with Crippen LogP contribution in [0.3, 0.4) is 0 Å². The van der Waals surface area contributed by atoms with Crippen LogP contribution in [0.4, 0.5) is 28.4 Å². The first-order chi connectivity index (χ1) is 18.9. The first kappa shape index (κ1) is 25.7. The molecule has 0 bridgehead atoms. The van der Waals surface area contributed by atoms with Crippen molar-refractivity contribution in [3.8, 4) is 5.75 Å². The summed E-state index contributed by atoms with van der Waals surface area (Å²) in [7, 11) is -4.72. The van der Waals surface area contributed by atoms with E-state index in [-0.39, 0.29) is 5.69 Å². The molecule has 0 saturated carbocycles. The maximum Gasteiger partial charge on any atom is 0.296 e. The number of rotatable bonds is 8. The second kappa shape index (κ2) is 11.2. The molecule has 0 fully saturated rings. The highest BCUT2D eigenvalue weighted by atomic mass is 32.2. The Bertz CT molecular complexity index is 1770. The third-order valence-electron chi connectivity index (χ3n) is 5.82. The van der Waals surface area contributed by atoms with Gasteiger partial charge in [-0.15, -0.1) is 5.11 Å². The quantitative estimate of drug-likeness (QED) is 0.135. The van der Waals surface area contributed by atoms with E-state index in [0.717, 1.165) is 5.56 Å². The van der Waals surface area contributed by atoms with Crippen LogP contribution >= 0.6 is 0 Å². The monoisotopic (exact) mass is 537 g/mol. The van der Waals surface area contributed by atoms with Crippen LogP contribution in [0.1, 0.15) is 5.56 Å². The SMILES string of the molecule is O=S(=O)(O)c1cc2cc(NCc3ccccc3)ccc2c(O)c1N=Nc1ccc(N=Nc2ccccc2)cc1. The van der Waals surface area contributed by atoms with Gasteiger partial charge in [-0.3, -0.25) is 4.55 Å². The molecule has 3 N–H and O–H groups in total. The summed E-state index contributed by atoms with van der Waals surface area (Å²) in [4.78, 5) is -0.551. The first-order valence-corrected chi connectivity index (χ1v) is 13.3. The van der Waals surface area contributed by atoms with Crippen LogP contribution in [-0.2, 0) is 16.7 Å². The van der Waals surface area contributed by atoms with E-state index in [0.29, 0.717) is 40.1 Å². The number of nitrogens with zero attached hydrogens (tertiary/aromatic N) is 4. The van der Waals surface area contributed by atoms with Gasteiger partial charge in [0.05, 0.1) is 17.1 Å². The number of anilines is 1. The Morgan fingerprint density at radius 2 is 1.23 bits per heavy atom. The molecule has 194 valence electrons. The zero-order chi connectivity index (χ0) is 27.2. The Hall–Kier alpha value is -4.93. The van der Waals surface area contributed by atoms with Gasteiger partial charge in [-0.05, 0) is 71.6 Å². The minimum atomic E-state index is -4.72. The summed E-state index contributed by atoms with van der Waals surface area (Å²) >= 11 is 0. The van der Waals surface area contributed by atoms with Gasteiger partial charge in [-0.2, -0.15) is 23.8 Å². The average molecular weight is 538 g/mol. The predicted molar refractivity (Wildman–Crippen MR) is 150 cm³/mol. The second-order valence-corrected chi connectivity index (χ2v) is 9.96. The summed E-state index contributed by atoms with van der Waals surface area (Å²) in [6.07, 6.45) is 0. The lowest BCUT2D eigenvalue weighted by Crippen LogP contribution is -2.00. The highest BCUT2D eigenvalue weighted by Gasteiger charge is 2.22. The molecule has 0 saturated heterocycles. The third kappa shape index (κ3) is 6.32. The summed E-state index contributed by atoms with van der Waals surface area (Å²) < 4.78 is 34.3. The molecule has 0 aliphatic rings. The molecule has 0 aliphatic heterocycles. The van der Waals surface area contributed by atoms with E-state index in [2.05, 4.69) is 25.8 Å². The maximum atomic E-state index is 12.2. The Morgan fingerprint density at radius 1 is 0.667 bits per heavy atom. The topological polar surface area (TPSA) is 136 Å². The Balaban J connectivity index is 1.41. The summed E-state index contributed by atoms with van der Waals surface area (Å²) in [5.41, 5.74) is 3.11. The van der Waals surface area contributed by atoms with E-state index in [4.69, 9.17) is 0 Å². The van der Waals surface area contributed by atoms with Crippen LogP contribution in [0.5, 0.6) is 5.75 Å². The van der Waals surface area contributed by atoms with Crippen molar-refractivity contribution in [3.63, 3.8) is 0 Å². The molecule has 5 aromatic rings. The second-order valence-electron chi connectivity index (χ2n) is 8.57. The third-order valence-corrected chi connectivity index (χ3v) is 6.69. The van der Waals surface area contributed by atoms with Crippen molar-refractivity contribution < 1.29 is 18.1 Å². The molecular formula is C29H23N5O4S. The van der Waals surface area contributed by atoms with E-state index in [9.17, 15) is 18.1 Å². The van der Waals surface area contributed by atoms with Crippen molar-refractivity contribution in [1.29, 1.82) is 0 Å². The molecule has 0 heterocycles. The van der Waals surface area contributed by atoms with Gasteiger partial charge in [-0.25, -0.2) is 0 Å². The van der Waals surface area contributed by atoms with Crippen molar-refractivity contribution in [2.45, 2.75) is 11.4 Å². The van der Waals surface area contributed by atoms with Gasteiger partial charge in [-0.1, -0.05) is 48.5 Å². The van der Waals surface area contributed by atoms with Crippen LogP contribution < -0.4 is 5.32 Å². The predicted octanol–water partition coefficient (Wildman–Crippen LogP) is 8.24. The summed E-state index contributed by atoms with van der Waals surface area (Å²) in [5.74, 6) is -0.410. The van der Waals surface area contributed by atoms with E-state index >= 15 is 0 Å². The van der Waals surface area contributed by atoms with Crippen LogP contribution in [0.15, 0.2) is 135 Å². The summed E-state index contributed by atoms with van der Waals surface area (Å²) in [5, 5.41) is 31.3. The number of fused-ring (bicyclic) bond motifs is 1. The maximum absolute atomic E-state index is 12.2. The largest absolute Gasteiger partial charge is 0.505 e. The van der Waals surface area contributed by atoms with Gasteiger partial charge in [0, 0.05) is 17.6 Å². The lowest BCUT2D eigenvalue weighted by atomic mass is 10.1. The van der Waals surface area contributed by atoms with Crippen molar-refractivity contribution >= 4 is 49.3 Å². The lowest BCUT2D eigenvalue weighted by molar-refractivity contribution is 0.472. The zero-order valence-electron chi connectivity index (χ0n) is 20.5. The highest BCUT2D eigenvalue weighted by molar-refractivity contribution is 7.86. The molecule has 39 heavy (non-hydrogen) atoms. The fraction of sp³-hybridized carbons (Fsp3) is 0.0345. The van der Waals surface area contributed by atoms with Crippen molar-refractivity contribution in [1.82, 2.24) is 0 Å². The number of phenols is 1. The molecule has 0 radical (unpaired) electrons. The van der Waals surface area contributed by atoms with Crippen LogP contribution in [0.25, 0.3) is 10.8 Å². The van der Waals surface area contributed by atoms with E-state index in [1.54, 1.807) is 42.5 Å². The molecule has 0 unspecified atom stereocenters. The molecule has 0 amide bonds. The molecule has 10 heteroatoms. The number of aromatic hydroxyl groups is 1. The normalized spacial score (nSPS) is 11.9. The van der Waals surface area contributed by atoms with E-state index < -0.39 is 20.8 Å². The van der Waals surface area contributed by atoms with Crippen LogP contribution in [-0.4, -0.2) is 18.1 Å². The fourth-order valence-corrected chi connectivity index (χ4v) is 4.52. The molecule has 0 spiro atoms. The van der Waals surface area contributed by atoms with Gasteiger partial charge in [0.1, 0.15) is 10.6 Å². The number of nitrogens with one attached hydrogen (secondary N) is 1. The molecule has 0 aromatic heterocycles. The highest BCUT2D eigenvalue weighted by Crippen LogP contribution is 2.42. The minimum absolute atomic E-state index is 0.358. The lowest BCUT2D eigenvalue weighted by Gasteiger charge is -2.11. The first-order valence-electron chi connectivity index (χ1n) is 11.9. The van der Waals surface area contributed by atoms with Crippen molar-refractivity contribution in [2.75, 3.05) is 5.32 Å². The Labute approximate surface area is 225 Å². The number of hydrogen-bond acceptors (Lipinski definition) is 8. The van der Waals surface area contributed by atoms with E-state index in [1.165, 1.54) is 6.07 Å². The summed E-state index contributed by atoms with van der Waals surface area (Å²) in [6, 6.07) is 32.0. The molecule has 9 nitrogen and oxygen atoms in total. The standard InChI is InChI=1S/C29H23N5O4S/c35-29-26-16-15-25(30-19-20-7-3-1-4-8-20)17-21(26)18-27(39(36,37)38)28(29)34-33-24-13-11-23(12-14-24)32-31-22-9-5-2-6-10-22/h1-18,30,35H,19H2,(H,36,37,38). The molecule has 5 rings (SSSR count). The Kier molecular flexibility index (Phi) is 7.39. The average Bonchev–Trinajstić information content (AvgIpc) is 2.95. The number of benzene rings is 5. The Morgan fingerprint density at radius 3 is 1.85 bits per heavy atom. The van der Waals surface area contributed by atoms with Gasteiger partial charge < -0.3 is 10.4 Å². The number of hydrogen-bond donors (Lipinski definition) is 3. The number of phenolic OH excluding ortho intramolecular Hbond substituents is 1.